The Labute approximate surface area is 174 Å². The second-order valence-electron chi connectivity index (χ2n) is 7.43. The lowest BCUT2D eigenvalue weighted by atomic mass is 10.0. The van der Waals surface area contributed by atoms with Crippen LogP contribution in [0.3, 0.4) is 0 Å². The van der Waals surface area contributed by atoms with Crippen LogP contribution in [-0.2, 0) is 16.5 Å². The van der Waals surface area contributed by atoms with Crippen molar-refractivity contribution in [3.63, 3.8) is 0 Å². The molecule has 0 unspecified atom stereocenters. The summed E-state index contributed by atoms with van der Waals surface area (Å²) >= 11 is 0. The Hall–Kier alpha value is -2.05. The first-order chi connectivity index (χ1) is 13.9. The van der Waals surface area contributed by atoms with E-state index in [0.717, 1.165) is 24.8 Å². The smallest absolute Gasteiger partial charge is 0.298 e. The molecule has 0 spiro atoms. The average Bonchev–Trinajstić information content (AvgIpc) is 2.67. The third-order valence-electron chi connectivity index (χ3n) is 4.90. The Balaban J connectivity index is 1.90. The number of phenols is 1. The van der Waals surface area contributed by atoms with E-state index in [1.165, 1.54) is 63.1 Å². The van der Waals surface area contributed by atoms with Gasteiger partial charge in [0.05, 0.1) is 0 Å². The molecule has 2 aromatic carbocycles. The van der Waals surface area contributed by atoms with Gasteiger partial charge in [-0.15, -0.1) is 0 Å². The zero-order valence-corrected chi connectivity index (χ0v) is 18.0. The molecule has 0 radical (unpaired) electrons. The molecule has 0 fully saturated rings. The Morgan fingerprint density at radius 2 is 1.52 bits per heavy atom. The summed E-state index contributed by atoms with van der Waals surface area (Å²) in [6.45, 7) is 2.22. The molecule has 0 bridgehead atoms. The molecule has 0 atom stereocenters. The lowest BCUT2D eigenvalue weighted by Gasteiger charge is -2.11. The Kier molecular flexibility index (Phi) is 9.48. The van der Waals surface area contributed by atoms with E-state index in [-0.39, 0.29) is 16.4 Å². The summed E-state index contributed by atoms with van der Waals surface area (Å²) in [5.74, 6) is 0.341. The second-order valence-corrected chi connectivity index (χ2v) is 8.82. The predicted molar refractivity (Wildman–Crippen MR) is 115 cm³/mol. The van der Waals surface area contributed by atoms with Crippen molar-refractivity contribution in [2.24, 2.45) is 0 Å². The van der Waals surface area contributed by atoms with Crippen molar-refractivity contribution in [3.05, 3.63) is 48.0 Å². The number of rotatable bonds is 13. The van der Waals surface area contributed by atoms with Crippen LogP contribution in [0.15, 0.2) is 47.4 Å². The molecular formula is C23H32O5S. The second kappa shape index (κ2) is 11.8. The quantitative estimate of drug-likeness (QED) is 0.285. The first-order valence-electron chi connectivity index (χ1n) is 10.5. The molecule has 2 aromatic rings. The van der Waals surface area contributed by atoms with Crippen molar-refractivity contribution < 1.29 is 22.8 Å². The highest BCUT2D eigenvalue weighted by molar-refractivity contribution is 7.86. The minimum atomic E-state index is -4.42. The molecule has 0 aromatic heterocycles. The van der Waals surface area contributed by atoms with Gasteiger partial charge in [0, 0.05) is 6.07 Å². The summed E-state index contributed by atoms with van der Waals surface area (Å²) in [7, 11) is -4.42. The highest BCUT2D eigenvalue weighted by Crippen LogP contribution is 2.31. The van der Waals surface area contributed by atoms with E-state index >= 15 is 0 Å². The zero-order valence-electron chi connectivity index (χ0n) is 17.1. The molecule has 160 valence electrons. The molecule has 5 nitrogen and oxygen atoms in total. The van der Waals surface area contributed by atoms with Crippen molar-refractivity contribution >= 4 is 10.1 Å². The normalized spacial score (nSPS) is 11.5. The highest BCUT2D eigenvalue weighted by atomic mass is 32.2. The summed E-state index contributed by atoms with van der Waals surface area (Å²) in [6, 6.07) is 10.9. The van der Waals surface area contributed by atoms with E-state index in [1.54, 1.807) is 18.2 Å². The van der Waals surface area contributed by atoms with Crippen LogP contribution in [0.4, 0.5) is 0 Å². The van der Waals surface area contributed by atoms with Gasteiger partial charge < -0.3 is 9.84 Å². The van der Waals surface area contributed by atoms with Crippen molar-refractivity contribution in [3.8, 4) is 17.2 Å². The van der Waals surface area contributed by atoms with Crippen molar-refractivity contribution in [2.45, 2.75) is 76.0 Å². The maximum absolute atomic E-state index is 11.8. The summed E-state index contributed by atoms with van der Waals surface area (Å²) in [4.78, 5) is -0.255. The number of hydrogen-bond donors (Lipinski definition) is 2. The number of unbranched alkanes of at least 4 members (excludes halogenated alkanes) is 8. The van der Waals surface area contributed by atoms with Crippen LogP contribution >= 0.6 is 0 Å². The first kappa shape index (κ1) is 23.2. The fraction of sp³-hybridized carbons (Fsp3) is 0.478. The number of hydrogen-bond acceptors (Lipinski definition) is 4. The van der Waals surface area contributed by atoms with E-state index in [2.05, 4.69) is 6.92 Å². The van der Waals surface area contributed by atoms with Crippen LogP contribution < -0.4 is 4.74 Å². The zero-order chi connectivity index (χ0) is 21.1. The first-order valence-corrected chi connectivity index (χ1v) is 11.9. The van der Waals surface area contributed by atoms with Crippen LogP contribution in [0, 0.1) is 0 Å². The van der Waals surface area contributed by atoms with Gasteiger partial charge in [-0.1, -0.05) is 70.4 Å². The predicted octanol–water partition coefficient (Wildman–Crippen LogP) is 6.50. The van der Waals surface area contributed by atoms with E-state index in [0.29, 0.717) is 5.75 Å². The van der Waals surface area contributed by atoms with Crippen LogP contribution in [0.25, 0.3) is 0 Å². The van der Waals surface area contributed by atoms with Crippen molar-refractivity contribution in [2.75, 3.05) is 0 Å². The van der Waals surface area contributed by atoms with Crippen LogP contribution in [-0.4, -0.2) is 18.1 Å². The summed E-state index contributed by atoms with van der Waals surface area (Å²) < 4.78 is 38.8. The van der Waals surface area contributed by atoms with Crippen LogP contribution in [0.2, 0.25) is 0 Å². The molecule has 0 aliphatic heterocycles. The van der Waals surface area contributed by atoms with Crippen LogP contribution in [0.1, 0.15) is 70.3 Å². The number of ether oxygens (including phenoxy) is 1. The molecule has 0 amide bonds. The fourth-order valence-electron chi connectivity index (χ4n) is 3.31. The minimum Gasteiger partial charge on any atom is -0.508 e. The van der Waals surface area contributed by atoms with Gasteiger partial charge in [-0.25, -0.2) is 0 Å². The molecule has 0 saturated heterocycles. The average molecular weight is 421 g/mol. The standard InChI is InChI=1S/C23H32O5S/c1-2-3-4-5-6-7-8-9-10-12-19-15-16-22(23(17-19)29(25,26)27)28-21-14-11-13-20(24)18-21/h11,13-18,24H,2-10,12H2,1H3,(H,25,26,27). The third kappa shape index (κ3) is 8.46. The molecular weight excluding hydrogens is 388 g/mol. The summed E-state index contributed by atoms with van der Waals surface area (Å²) in [5.41, 5.74) is 0.851. The minimum absolute atomic E-state index is 0.0119. The van der Waals surface area contributed by atoms with Gasteiger partial charge in [-0.05, 0) is 42.7 Å². The van der Waals surface area contributed by atoms with Gasteiger partial charge in [0.2, 0.25) is 0 Å². The van der Waals surface area contributed by atoms with Gasteiger partial charge >= 0.3 is 0 Å². The van der Waals surface area contributed by atoms with E-state index in [1.807, 2.05) is 6.07 Å². The molecule has 0 saturated carbocycles. The van der Waals surface area contributed by atoms with Crippen molar-refractivity contribution in [1.82, 2.24) is 0 Å². The molecule has 0 aliphatic rings. The van der Waals surface area contributed by atoms with Crippen molar-refractivity contribution in [1.29, 1.82) is 0 Å². The maximum atomic E-state index is 11.8. The van der Waals surface area contributed by atoms with Gasteiger partial charge in [-0.2, -0.15) is 8.42 Å². The fourth-order valence-corrected chi connectivity index (χ4v) is 3.97. The van der Waals surface area contributed by atoms with E-state index < -0.39 is 10.1 Å². The van der Waals surface area contributed by atoms with E-state index in [9.17, 15) is 18.1 Å². The Morgan fingerprint density at radius 3 is 2.14 bits per heavy atom. The monoisotopic (exact) mass is 420 g/mol. The molecule has 29 heavy (non-hydrogen) atoms. The molecule has 2 rings (SSSR count). The number of benzene rings is 2. The largest absolute Gasteiger partial charge is 0.508 e. The van der Waals surface area contributed by atoms with Gasteiger partial charge in [-0.3, -0.25) is 4.55 Å². The topological polar surface area (TPSA) is 83.8 Å². The summed E-state index contributed by atoms with van der Waals surface area (Å²) in [5, 5.41) is 9.53. The maximum Gasteiger partial charge on any atom is 0.298 e. The number of phenolic OH excluding ortho intramolecular Hbond substituents is 1. The molecule has 0 aliphatic carbocycles. The van der Waals surface area contributed by atoms with Gasteiger partial charge in [0.1, 0.15) is 22.1 Å². The lowest BCUT2D eigenvalue weighted by molar-refractivity contribution is 0.440. The van der Waals surface area contributed by atoms with E-state index in [4.69, 9.17) is 4.74 Å². The van der Waals surface area contributed by atoms with Crippen LogP contribution in [0.5, 0.6) is 17.2 Å². The highest BCUT2D eigenvalue weighted by Gasteiger charge is 2.18. The molecule has 0 heterocycles. The third-order valence-corrected chi connectivity index (χ3v) is 5.78. The van der Waals surface area contributed by atoms with Gasteiger partial charge in [0.25, 0.3) is 10.1 Å². The number of aryl methyl sites for hydroxylation is 1. The van der Waals surface area contributed by atoms with Gasteiger partial charge in [0.15, 0.2) is 0 Å². The Bertz CT molecular complexity index is 861. The molecule has 6 heteroatoms. The summed E-state index contributed by atoms with van der Waals surface area (Å²) in [6.07, 6.45) is 11.8. The number of aromatic hydroxyl groups is 1. The SMILES string of the molecule is CCCCCCCCCCCc1ccc(Oc2cccc(O)c2)c(S(=O)(=O)O)c1. The Morgan fingerprint density at radius 1 is 0.862 bits per heavy atom. The lowest BCUT2D eigenvalue weighted by Crippen LogP contribution is -2.02. The molecule has 2 N–H and O–H groups in total.